The number of halogens is 1. The van der Waals surface area contributed by atoms with Gasteiger partial charge in [-0.15, -0.1) is 5.10 Å². The number of aliphatic hydroxyl groups excluding tert-OH is 1. The minimum atomic E-state index is -0.712. The van der Waals surface area contributed by atoms with E-state index in [1.807, 2.05) is 6.07 Å². The molecule has 3 N–H and O–H groups in total. The number of hydrogen-bond acceptors (Lipinski definition) is 10. The number of piperidine rings is 1. The highest BCUT2D eigenvalue weighted by Gasteiger charge is 2.37. The molecule has 1 saturated carbocycles. The predicted molar refractivity (Wildman–Crippen MR) is 131 cm³/mol. The normalized spacial score (nSPS) is 22.6. The molecule has 4 heterocycles. The van der Waals surface area contributed by atoms with Crippen LogP contribution in [0.1, 0.15) is 48.4 Å². The van der Waals surface area contributed by atoms with Crippen LogP contribution in [0.3, 0.4) is 0 Å². The van der Waals surface area contributed by atoms with Crippen LogP contribution < -0.4 is 10.6 Å². The van der Waals surface area contributed by atoms with Gasteiger partial charge in [0.15, 0.2) is 23.4 Å². The van der Waals surface area contributed by atoms with Gasteiger partial charge in [-0.05, 0) is 62.4 Å². The number of anilines is 3. The smallest absolute Gasteiger partial charge is 0.247 e. The molecule has 2 aliphatic heterocycles. The standard InChI is InChI=1S/C24H24ClN9O2/c25-20-17(14-3-5-33(6-4-14)19-12-36-23(19)35)7-13(9-26)8-18(20)30-24-31-21(29-15-1-2-15)22-28-11-16(10-27)34(22)32-24/h7-8,11,14-15,19,23,35H,1-6,12H2,(H2,29,30,31,32). The molecule has 3 aromatic rings. The maximum Gasteiger partial charge on any atom is 0.247 e. The molecule has 2 aromatic heterocycles. The number of hydrogen-bond donors (Lipinski definition) is 3. The summed E-state index contributed by atoms with van der Waals surface area (Å²) in [4.78, 5) is 11.2. The number of nitrogens with one attached hydrogen (secondary N) is 2. The highest BCUT2D eigenvalue weighted by atomic mass is 35.5. The van der Waals surface area contributed by atoms with Crippen molar-refractivity contribution in [2.75, 3.05) is 30.3 Å². The second-order valence-corrected chi connectivity index (χ2v) is 9.84. The fraction of sp³-hybridized carbons (Fsp3) is 0.458. The molecule has 0 amide bonds. The Bertz CT molecular complexity index is 1400. The minimum Gasteiger partial charge on any atom is -0.367 e. The molecule has 3 aliphatic rings. The number of rotatable bonds is 6. The maximum atomic E-state index is 9.82. The van der Waals surface area contributed by atoms with E-state index in [0.29, 0.717) is 46.1 Å². The van der Waals surface area contributed by atoms with Gasteiger partial charge in [-0.1, -0.05) is 11.6 Å². The van der Waals surface area contributed by atoms with E-state index in [2.05, 4.69) is 42.7 Å². The van der Waals surface area contributed by atoms with Crippen molar-refractivity contribution >= 4 is 34.7 Å². The summed E-state index contributed by atoms with van der Waals surface area (Å²) in [5.74, 6) is 0.964. The lowest BCUT2D eigenvalue weighted by molar-refractivity contribution is -0.240. The summed E-state index contributed by atoms with van der Waals surface area (Å²) < 4.78 is 6.56. The van der Waals surface area contributed by atoms with E-state index in [4.69, 9.17) is 16.3 Å². The lowest BCUT2D eigenvalue weighted by atomic mass is 9.87. The average molecular weight is 506 g/mol. The van der Waals surface area contributed by atoms with E-state index in [9.17, 15) is 15.6 Å². The summed E-state index contributed by atoms with van der Waals surface area (Å²) in [5, 5.41) is 40.5. The zero-order valence-corrected chi connectivity index (χ0v) is 20.1. The Morgan fingerprint density at radius 3 is 2.58 bits per heavy atom. The quantitative estimate of drug-likeness (QED) is 0.456. The van der Waals surface area contributed by atoms with Gasteiger partial charge >= 0.3 is 0 Å². The monoisotopic (exact) mass is 505 g/mol. The molecule has 2 atom stereocenters. The van der Waals surface area contributed by atoms with E-state index >= 15 is 0 Å². The van der Waals surface area contributed by atoms with Crippen LogP contribution in [0.2, 0.25) is 5.02 Å². The van der Waals surface area contributed by atoms with Gasteiger partial charge in [0.05, 0.1) is 41.2 Å². The van der Waals surface area contributed by atoms with Crippen LogP contribution in [0.15, 0.2) is 18.3 Å². The third-order valence-electron chi connectivity index (χ3n) is 7.08. The Morgan fingerprint density at radius 1 is 1.14 bits per heavy atom. The summed E-state index contributed by atoms with van der Waals surface area (Å²) in [5.41, 5.74) is 2.70. The molecule has 36 heavy (non-hydrogen) atoms. The van der Waals surface area contributed by atoms with E-state index in [1.54, 1.807) is 6.07 Å². The van der Waals surface area contributed by atoms with E-state index in [1.165, 1.54) is 10.7 Å². The molecule has 6 rings (SSSR count). The van der Waals surface area contributed by atoms with Crippen molar-refractivity contribution in [3.05, 3.63) is 40.2 Å². The fourth-order valence-electron chi connectivity index (χ4n) is 4.84. The lowest BCUT2D eigenvalue weighted by Gasteiger charge is -2.44. The van der Waals surface area contributed by atoms with Gasteiger partial charge in [0.25, 0.3) is 0 Å². The van der Waals surface area contributed by atoms with Gasteiger partial charge < -0.3 is 20.5 Å². The van der Waals surface area contributed by atoms with Crippen molar-refractivity contribution < 1.29 is 9.84 Å². The van der Waals surface area contributed by atoms with Crippen LogP contribution in [-0.2, 0) is 4.74 Å². The molecule has 1 aliphatic carbocycles. The summed E-state index contributed by atoms with van der Waals surface area (Å²) in [6, 6.07) is 8.24. The Morgan fingerprint density at radius 2 is 1.94 bits per heavy atom. The SMILES string of the molecule is N#Cc1cc(Nc2nc(NC3CC3)c3ncc(C#N)n3n2)c(Cl)c(C2CCN(C3COC3O)CC2)c1. The first-order valence-corrected chi connectivity index (χ1v) is 12.4. The van der Waals surface area contributed by atoms with Crippen LogP contribution in [-0.4, -0.2) is 67.7 Å². The fourth-order valence-corrected chi connectivity index (χ4v) is 5.16. The van der Waals surface area contributed by atoms with Crippen molar-refractivity contribution in [2.24, 2.45) is 0 Å². The number of fused-ring (bicyclic) bond motifs is 1. The predicted octanol–water partition coefficient (Wildman–Crippen LogP) is 2.74. The van der Waals surface area contributed by atoms with Gasteiger partial charge in [0.1, 0.15) is 6.07 Å². The first-order chi connectivity index (χ1) is 17.5. The van der Waals surface area contributed by atoms with Crippen molar-refractivity contribution in [2.45, 2.75) is 50.0 Å². The summed E-state index contributed by atoms with van der Waals surface area (Å²) in [6.07, 6.45) is 4.57. The van der Waals surface area contributed by atoms with Gasteiger partial charge in [0.2, 0.25) is 5.95 Å². The number of nitriles is 2. The average Bonchev–Trinajstić information content (AvgIpc) is 3.60. The number of aromatic nitrogens is 4. The minimum absolute atomic E-state index is 0.0519. The van der Waals surface area contributed by atoms with Crippen molar-refractivity contribution in [3.63, 3.8) is 0 Å². The zero-order valence-electron chi connectivity index (χ0n) is 19.4. The lowest BCUT2D eigenvalue weighted by Crippen LogP contribution is -2.57. The summed E-state index contributed by atoms with van der Waals surface area (Å²) in [7, 11) is 0. The second-order valence-electron chi connectivity index (χ2n) is 9.46. The Balaban J connectivity index is 1.29. The number of aliphatic hydroxyl groups is 1. The van der Waals surface area contributed by atoms with Gasteiger partial charge in [-0.3, -0.25) is 4.90 Å². The molecule has 3 fully saturated rings. The molecule has 2 saturated heterocycles. The first kappa shape index (κ1) is 23.0. The largest absolute Gasteiger partial charge is 0.367 e. The molecule has 11 nitrogen and oxygen atoms in total. The van der Waals surface area contributed by atoms with Crippen LogP contribution >= 0.6 is 11.6 Å². The van der Waals surface area contributed by atoms with Crippen molar-refractivity contribution in [1.29, 1.82) is 10.5 Å². The van der Waals surface area contributed by atoms with Crippen LogP contribution in [0.4, 0.5) is 17.5 Å². The first-order valence-electron chi connectivity index (χ1n) is 12.0. The highest BCUT2D eigenvalue weighted by molar-refractivity contribution is 6.34. The maximum absolute atomic E-state index is 9.82. The third kappa shape index (κ3) is 4.21. The van der Waals surface area contributed by atoms with Crippen LogP contribution in [0.5, 0.6) is 0 Å². The van der Waals surface area contributed by atoms with Gasteiger partial charge in [-0.25, -0.2) is 4.98 Å². The summed E-state index contributed by atoms with van der Waals surface area (Å²) >= 11 is 6.88. The number of benzene rings is 1. The van der Waals surface area contributed by atoms with Gasteiger partial charge in [-0.2, -0.15) is 20.0 Å². The number of ether oxygens (including phenoxy) is 1. The number of nitrogens with zero attached hydrogens (tertiary/aromatic N) is 7. The number of likely N-dealkylation sites (tertiary alicyclic amines) is 1. The summed E-state index contributed by atoms with van der Waals surface area (Å²) in [6.45, 7) is 2.19. The molecule has 0 radical (unpaired) electrons. The Labute approximate surface area is 212 Å². The van der Waals surface area contributed by atoms with Gasteiger partial charge in [0, 0.05) is 6.04 Å². The molecule has 0 spiro atoms. The van der Waals surface area contributed by atoms with E-state index in [-0.39, 0.29) is 17.9 Å². The zero-order chi connectivity index (χ0) is 24.8. The molecular weight excluding hydrogens is 482 g/mol. The molecule has 2 unspecified atom stereocenters. The van der Waals surface area contributed by atoms with E-state index in [0.717, 1.165) is 44.3 Å². The Hall–Kier alpha value is -3.48. The number of imidazole rings is 1. The molecule has 12 heteroatoms. The molecular formula is C24H24ClN9O2. The molecule has 1 aromatic carbocycles. The molecule has 184 valence electrons. The van der Waals surface area contributed by atoms with Crippen molar-refractivity contribution in [1.82, 2.24) is 24.5 Å². The van der Waals surface area contributed by atoms with E-state index < -0.39 is 6.29 Å². The van der Waals surface area contributed by atoms with Crippen molar-refractivity contribution in [3.8, 4) is 12.1 Å². The Kier molecular flexibility index (Phi) is 5.86. The second kappa shape index (κ2) is 9.19. The molecule has 0 bridgehead atoms. The van der Waals surface area contributed by atoms with Crippen LogP contribution in [0, 0.1) is 22.7 Å². The highest BCUT2D eigenvalue weighted by Crippen LogP contribution is 2.39. The third-order valence-corrected chi connectivity index (χ3v) is 7.50. The topological polar surface area (TPSA) is 147 Å². The van der Waals surface area contributed by atoms with Crippen LogP contribution in [0.25, 0.3) is 5.65 Å².